The number of benzene rings is 3. The summed E-state index contributed by atoms with van der Waals surface area (Å²) < 4.78 is 32.0. The zero-order chi connectivity index (χ0) is 23.9. The quantitative estimate of drug-likeness (QED) is 0.331. The van der Waals surface area contributed by atoms with Crippen molar-refractivity contribution >= 4 is 23.4 Å². The molecule has 2 fully saturated rings. The highest BCUT2D eigenvalue weighted by Crippen LogP contribution is 2.39. The second kappa shape index (κ2) is 12.4. The average molecular weight is 513 g/mol. The van der Waals surface area contributed by atoms with E-state index >= 15 is 0 Å². The molecular weight excluding hydrogens is 484 g/mol. The number of hydrogen-bond acceptors (Lipinski definition) is 6. The van der Waals surface area contributed by atoms with Gasteiger partial charge in [-0.3, -0.25) is 0 Å². The Morgan fingerprint density at radius 3 is 1.91 bits per heavy atom. The lowest BCUT2D eigenvalue weighted by molar-refractivity contribution is -0.329. The van der Waals surface area contributed by atoms with Crippen molar-refractivity contribution in [2.45, 2.75) is 49.4 Å². The standard InChI is InChI=1S/C28H29ClO5S/c29-19-35-28-26(31-17-21-12-6-2-7-13-21)25(30-16-20-10-4-1-5-11-20)24-23(33-28)18-32-27(34-24)22-14-8-3-9-15-22/h1-15,23-28H,16-19H2/t23-,24+,25+,26-,27+,28+/m1/s1. The molecule has 6 atom stereocenters. The molecule has 3 aromatic rings. The van der Waals surface area contributed by atoms with E-state index in [-0.39, 0.29) is 29.9 Å². The lowest BCUT2D eigenvalue weighted by Gasteiger charge is -2.49. The Labute approximate surface area is 215 Å². The number of halogens is 1. The van der Waals surface area contributed by atoms with Crippen LogP contribution in [0.5, 0.6) is 0 Å². The summed E-state index contributed by atoms with van der Waals surface area (Å²) in [7, 11) is 0. The van der Waals surface area contributed by atoms with Crippen molar-refractivity contribution in [3.05, 3.63) is 108 Å². The monoisotopic (exact) mass is 512 g/mol. The van der Waals surface area contributed by atoms with Gasteiger partial charge in [-0.15, -0.1) is 23.4 Å². The predicted molar refractivity (Wildman–Crippen MR) is 137 cm³/mol. The lowest BCUT2D eigenvalue weighted by Crippen LogP contribution is -2.62. The van der Waals surface area contributed by atoms with Gasteiger partial charge in [-0.2, -0.15) is 0 Å². The van der Waals surface area contributed by atoms with Crippen molar-refractivity contribution in [2.24, 2.45) is 0 Å². The van der Waals surface area contributed by atoms with E-state index in [0.717, 1.165) is 16.7 Å². The number of fused-ring (bicyclic) bond motifs is 1. The molecule has 35 heavy (non-hydrogen) atoms. The van der Waals surface area contributed by atoms with E-state index in [1.165, 1.54) is 11.8 Å². The third-order valence-corrected chi connectivity index (χ3v) is 7.37. The minimum atomic E-state index is -0.490. The SMILES string of the molecule is ClCS[C@@H]1O[C@@H]2CO[C@H](c3ccccc3)O[C@@H]2[C@H](OCc2ccccc2)[C@H]1OCc1ccccc1. The zero-order valence-corrected chi connectivity index (χ0v) is 20.9. The fourth-order valence-corrected chi connectivity index (χ4v) is 5.56. The van der Waals surface area contributed by atoms with E-state index in [4.69, 9.17) is 35.3 Å². The topological polar surface area (TPSA) is 46.2 Å². The van der Waals surface area contributed by atoms with E-state index in [2.05, 4.69) is 12.1 Å². The van der Waals surface area contributed by atoms with Crippen molar-refractivity contribution in [3.8, 4) is 0 Å². The van der Waals surface area contributed by atoms with Gasteiger partial charge in [0.1, 0.15) is 29.9 Å². The molecule has 0 N–H and O–H groups in total. The Balaban J connectivity index is 1.40. The van der Waals surface area contributed by atoms with Crippen LogP contribution in [-0.2, 0) is 36.9 Å². The van der Waals surface area contributed by atoms with Gasteiger partial charge >= 0.3 is 0 Å². The van der Waals surface area contributed by atoms with Gasteiger partial charge in [0, 0.05) is 5.56 Å². The lowest BCUT2D eigenvalue weighted by atomic mass is 9.98. The zero-order valence-electron chi connectivity index (χ0n) is 19.3. The first-order valence-corrected chi connectivity index (χ1v) is 13.4. The van der Waals surface area contributed by atoms with E-state index in [1.807, 2.05) is 78.9 Å². The first kappa shape index (κ1) is 24.8. The van der Waals surface area contributed by atoms with Gasteiger partial charge in [0.15, 0.2) is 6.29 Å². The molecule has 7 heteroatoms. The second-order valence-corrected chi connectivity index (χ2v) is 10.2. The van der Waals surface area contributed by atoms with Gasteiger partial charge in [0.05, 0.1) is 25.0 Å². The summed E-state index contributed by atoms with van der Waals surface area (Å²) in [4.78, 5) is 0. The van der Waals surface area contributed by atoms with Crippen LogP contribution in [0.1, 0.15) is 23.0 Å². The fraction of sp³-hybridized carbons (Fsp3) is 0.357. The summed E-state index contributed by atoms with van der Waals surface area (Å²) in [6.45, 7) is 1.29. The van der Waals surface area contributed by atoms with Crippen LogP contribution in [0.3, 0.4) is 0 Å². The highest BCUT2D eigenvalue weighted by atomic mass is 35.5. The summed E-state index contributed by atoms with van der Waals surface area (Å²) in [5.74, 6) is 0. The minimum absolute atomic E-state index is 0.284. The average Bonchev–Trinajstić information content (AvgIpc) is 2.92. The van der Waals surface area contributed by atoms with Crippen LogP contribution in [0, 0.1) is 0 Å². The van der Waals surface area contributed by atoms with Crippen molar-refractivity contribution in [1.82, 2.24) is 0 Å². The Bertz CT molecular complexity index is 1030. The molecule has 0 spiro atoms. The third-order valence-electron chi connectivity index (χ3n) is 6.15. The maximum atomic E-state index is 6.56. The van der Waals surface area contributed by atoms with Gasteiger partial charge < -0.3 is 23.7 Å². The van der Waals surface area contributed by atoms with Gasteiger partial charge in [-0.1, -0.05) is 91.0 Å². The predicted octanol–water partition coefficient (Wildman–Crippen LogP) is 5.93. The van der Waals surface area contributed by atoms with E-state index in [0.29, 0.717) is 25.0 Å². The Kier molecular flexibility index (Phi) is 8.76. The highest BCUT2D eigenvalue weighted by molar-refractivity contribution is 8.00. The van der Waals surface area contributed by atoms with Crippen LogP contribution < -0.4 is 0 Å². The highest BCUT2D eigenvalue weighted by Gasteiger charge is 2.51. The molecule has 0 aliphatic carbocycles. The molecule has 0 aromatic heterocycles. The molecule has 2 saturated heterocycles. The van der Waals surface area contributed by atoms with Crippen LogP contribution in [0.2, 0.25) is 0 Å². The van der Waals surface area contributed by atoms with E-state index in [9.17, 15) is 0 Å². The molecule has 0 unspecified atom stereocenters. The maximum absolute atomic E-state index is 6.56. The van der Waals surface area contributed by atoms with Gasteiger partial charge in [0.2, 0.25) is 0 Å². The minimum Gasteiger partial charge on any atom is -0.368 e. The van der Waals surface area contributed by atoms with Gasteiger partial charge in [0.25, 0.3) is 0 Å². The summed E-state index contributed by atoms with van der Waals surface area (Å²) >= 11 is 7.64. The van der Waals surface area contributed by atoms with Crippen LogP contribution in [-0.4, -0.2) is 41.7 Å². The molecule has 2 aliphatic rings. The normalized spacial score (nSPS) is 28.4. The van der Waals surface area contributed by atoms with Crippen molar-refractivity contribution in [3.63, 3.8) is 0 Å². The first-order valence-electron chi connectivity index (χ1n) is 11.8. The van der Waals surface area contributed by atoms with Crippen molar-refractivity contribution < 1.29 is 23.7 Å². The molecule has 0 bridgehead atoms. The smallest absolute Gasteiger partial charge is 0.184 e. The molecule has 0 saturated carbocycles. The molecule has 184 valence electrons. The Morgan fingerprint density at radius 2 is 1.31 bits per heavy atom. The number of hydrogen-bond donors (Lipinski definition) is 0. The second-order valence-electron chi connectivity index (χ2n) is 8.52. The molecule has 0 radical (unpaired) electrons. The molecule has 5 nitrogen and oxygen atoms in total. The van der Waals surface area contributed by atoms with Crippen molar-refractivity contribution in [1.29, 1.82) is 0 Å². The third kappa shape index (κ3) is 6.27. The molecule has 3 aromatic carbocycles. The van der Waals surface area contributed by atoms with Crippen LogP contribution in [0.15, 0.2) is 91.0 Å². The largest absolute Gasteiger partial charge is 0.368 e. The summed E-state index contributed by atoms with van der Waals surface area (Å²) in [5.41, 5.74) is 2.83. The molecule has 2 heterocycles. The van der Waals surface area contributed by atoms with E-state index in [1.54, 1.807) is 0 Å². The van der Waals surface area contributed by atoms with Gasteiger partial charge in [-0.05, 0) is 11.1 Å². The Hall–Kier alpha value is -1.90. The molecule has 2 aliphatic heterocycles. The van der Waals surface area contributed by atoms with Crippen LogP contribution in [0.4, 0.5) is 0 Å². The molecule has 0 amide bonds. The first-order chi connectivity index (χ1) is 17.3. The summed E-state index contributed by atoms with van der Waals surface area (Å²) in [5, 5.41) is 0.382. The Morgan fingerprint density at radius 1 is 0.743 bits per heavy atom. The van der Waals surface area contributed by atoms with Crippen LogP contribution in [0.25, 0.3) is 0 Å². The number of ether oxygens (including phenoxy) is 5. The maximum Gasteiger partial charge on any atom is 0.184 e. The molecular formula is C28H29ClO5S. The van der Waals surface area contributed by atoms with E-state index < -0.39 is 6.29 Å². The summed E-state index contributed by atoms with van der Waals surface area (Å²) in [6, 6.07) is 30.2. The summed E-state index contributed by atoms with van der Waals surface area (Å²) in [6.07, 6.45) is -1.87. The number of thioether (sulfide) groups is 1. The van der Waals surface area contributed by atoms with Crippen LogP contribution >= 0.6 is 23.4 Å². The van der Waals surface area contributed by atoms with Gasteiger partial charge in [-0.25, -0.2) is 0 Å². The molecule has 5 rings (SSSR count). The van der Waals surface area contributed by atoms with Crippen molar-refractivity contribution in [2.75, 3.05) is 11.8 Å². The number of rotatable bonds is 9. The fourth-order valence-electron chi connectivity index (χ4n) is 4.42. The number of alkyl halides is 1.